The number of ether oxygens (including phenoxy) is 3. The van der Waals surface area contributed by atoms with Crippen LogP contribution in [0.15, 0.2) is 40.9 Å². The second kappa shape index (κ2) is 8.29. The fourth-order valence-corrected chi connectivity index (χ4v) is 2.88. The number of anilines is 1. The summed E-state index contributed by atoms with van der Waals surface area (Å²) in [7, 11) is 1.58. The summed E-state index contributed by atoms with van der Waals surface area (Å²) in [4.78, 5) is 12.1. The maximum atomic E-state index is 12.1. The topological polar surface area (TPSA) is 89.1 Å². The number of methoxy groups -OCH3 is 1. The van der Waals surface area contributed by atoms with Crippen molar-refractivity contribution in [2.24, 2.45) is 0 Å². The molecule has 0 radical (unpaired) electrons. The van der Waals surface area contributed by atoms with E-state index >= 15 is 0 Å². The van der Waals surface area contributed by atoms with Crippen LogP contribution in [0.5, 0.6) is 17.2 Å². The van der Waals surface area contributed by atoms with Crippen molar-refractivity contribution in [1.29, 1.82) is 0 Å². The minimum atomic E-state index is -0.824. The summed E-state index contributed by atoms with van der Waals surface area (Å²) >= 11 is 3.39. The lowest BCUT2D eigenvalue weighted by molar-refractivity contribution is 0.171. The van der Waals surface area contributed by atoms with E-state index in [4.69, 9.17) is 14.2 Å². The molecule has 26 heavy (non-hydrogen) atoms. The van der Waals surface area contributed by atoms with Crippen molar-refractivity contribution in [3.63, 3.8) is 0 Å². The maximum Gasteiger partial charge on any atom is 0.319 e. The van der Waals surface area contributed by atoms with Crippen LogP contribution < -0.4 is 24.8 Å². The molecule has 1 aliphatic heterocycles. The first-order valence-corrected chi connectivity index (χ1v) is 8.82. The number of aliphatic hydroxyl groups is 1. The largest absolute Gasteiger partial charge is 0.497 e. The number of hydrogen-bond acceptors (Lipinski definition) is 5. The highest BCUT2D eigenvalue weighted by Crippen LogP contribution is 2.38. The molecule has 1 heterocycles. The molecule has 1 aliphatic rings. The van der Waals surface area contributed by atoms with Gasteiger partial charge < -0.3 is 30.0 Å². The molecule has 0 saturated heterocycles. The Morgan fingerprint density at radius 3 is 2.54 bits per heavy atom. The van der Waals surface area contributed by atoms with Crippen LogP contribution in [0.2, 0.25) is 0 Å². The van der Waals surface area contributed by atoms with Gasteiger partial charge in [0.2, 0.25) is 0 Å². The predicted octanol–water partition coefficient (Wildman–Crippen LogP) is 3.08. The van der Waals surface area contributed by atoms with Crippen molar-refractivity contribution < 1.29 is 24.1 Å². The second-order valence-electron chi connectivity index (χ2n) is 5.60. The van der Waals surface area contributed by atoms with Gasteiger partial charge >= 0.3 is 6.03 Å². The summed E-state index contributed by atoms with van der Waals surface area (Å²) in [5.41, 5.74) is 1.23. The summed E-state index contributed by atoms with van der Waals surface area (Å²) in [5.74, 6) is 1.91. The number of halogens is 1. The minimum absolute atomic E-state index is 0.0698. The number of carbonyl (C=O) groups is 1. The number of rotatable bonds is 5. The molecule has 2 aromatic rings. The van der Waals surface area contributed by atoms with Crippen molar-refractivity contribution in [3.05, 3.63) is 46.4 Å². The van der Waals surface area contributed by atoms with E-state index in [0.717, 1.165) is 0 Å². The van der Waals surface area contributed by atoms with E-state index in [2.05, 4.69) is 26.6 Å². The molecule has 2 amide bonds. The lowest BCUT2D eigenvalue weighted by Gasteiger charge is -2.20. The second-order valence-corrected chi connectivity index (χ2v) is 6.45. The Balaban J connectivity index is 1.57. The smallest absolute Gasteiger partial charge is 0.319 e. The molecule has 138 valence electrons. The van der Waals surface area contributed by atoms with E-state index in [1.165, 1.54) is 0 Å². The van der Waals surface area contributed by atoms with Crippen LogP contribution in [0, 0.1) is 0 Å². The molecule has 0 aromatic heterocycles. The molecule has 0 saturated carbocycles. The van der Waals surface area contributed by atoms with Crippen LogP contribution in [0.4, 0.5) is 10.5 Å². The fraction of sp³-hybridized carbons (Fsp3) is 0.278. The molecule has 0 spiro atoms. The number of benzene rings is 2. The molecule has 0 bridgehead atoms. The molecule has 3 N–H and O–H groups in total. The summed E-state index contributed by atoms with van der Waals surface area (Å²) < 4.78 is 16.7. The van der Waals surface area contributed by atoms with Gasteiger partial charge in [-0.1, -0.05) is 12.1 Å². The van der Waals surface area contributed by atoms with E-state index < -0.39 is 12.1 Å². The highest BCUT2D eigenvalue weighted by atomic mass is 79.9. The van der Waals surface area contributed by atoms with Crippen LogP contribution in [0.3, 0.4) is 0 Å². The van der Waals surface area contributed by atoms with Gasteiger partial charge in [0.05, 0.1) is 18.9 Å². The third kappa shape index (κ3) is 4.39. The molecular formula is C18H19BrN2O5. The van der Waals surface area contributed by atoms with Gasteiger partial charge in [-0.15, -0.1) is 0 Å². The van der Waals surface area contributed by atoms with Crippen LogP contribution in [-0.4, -0.2) is 38.0 Å². The zero-order chi connectivity index (χ0) is 18.5. The number of nitrogens with one attached hydrogen (secondary N) is 2. The standard InChI is InChI=1S/C18H19BrN2O5/c1-24-12-4-2-11(3-5-12)15(22)10-20-18(23)21-14-9-17-16(8-13(14)19)25-6-7-26-17/h2-5,8-9,15,22H,6-7,10H2,1H3,(H2,20,21,23)/t15-/m0/s1. The highest BCUT2D eigenvalue weighted by Gasteiger charge is 2.16. The number of aliphatic hydroxyl groups excluding tert-OH is 1. The molecule has 7 nitrogen and oxygen atoms in total. The van der Waals surface area contributed by atoms with Crippen LogP contribution >= 0.6 is 15.9 Å². The Morgan fingerprint density at radius 2 is 1.88 bits per heavy atom. The third-order valence-corrected chi connectivity index (χ3v) is 4.49. The summed E-state index contributed by atoms with van der Waals surface area (Å²) in [6, 6.07) is 10.0. The average molecular weight is 423 g/mol. The van der Waals surface area contributed by atoms with Crippen LogP contribution in [0.1, 0.15) is 11.7 Å². The zero-order valence-electron chi connectivity index (χ0n) is 14.1. The number of carbonyl (C=O) groups excluding carboxylic acids is 1. The normalized spacial score (nSPS) is 13.7. The Bertz CT molecular complexity index is 782. The van der Waals surface area contributed by atoms with E-state index in [-0.39, 0.29) is 6.54 Å². The SMILES string of the molecule is COc1ccc([C@@H](O)CNC(=O)Nc2cc3c(cc2Br)OCCO3)cc1. The summed E-state index contributed by atoms with van der Waals surface area (Å²) in [6.45, 7) is 1.03. The van der Waals surface area contributed by atoms with E-state index in [1.54, 1.807) is 43.5 Å². The first-order chi connectivity index (χ1) is 12.6. The zero-order valence-corrected chi connectivity index (χ0v) is 15.7. The molecule has 1 atom stereocenters. The van der Waals surface area contributed by atoms with Gasteiger partial charge in [0, 0.05) is 23.2 Å². The van der Waals surface area contributed by atoms with Gasteiger partial charge in [-0.25, -0.2) is 4.79 Å². The van der Waals surface area contributed by atoms with Gasteiger partial charge in [-0.3, -0.25) is 0 Å². The molecule has 3 rings (SSSR count). The first kappa shape index (κ1) is 18.3. The van der Waals surface area contributed by atoms with Crippen molar-refractivity contribution in [2.75, 3.05) is 32.2 Å². The molecule has 8 heteroatoms. The minimum Gasteiger partial charge on any atom is -0.497 e. The number of amides is 2. The Morgan fingerprint density at radius 1 is 1.23 bits per heavy atom. The van der Waals surface area contributed by atoms with Crippen molar-refractivity contribution in [1.82, 2.24) is 5.32 Å². The van der Waals surface area contributed by atoms with Crippen molar-refractivity contribution in [2.45, 2.75) is 6.10 Å². The lowest BCUT2D eigenvalue weighted by atomic mass is 10.1. The van der Waals surface area contributed by atoms with Crippen molar-refractivity contribution in [3.8, 4) is 17.2 Å². The van der Waals surface area contributed by atoms with Gasteiger partial charge in [0.25, 0.3) is 0 Å². The van der Waals surface area contributed by atoms with Crippen LogP contribution in [-0.2, 0) is 0 Å². The number of hydrogen-bond donors (Lipinski definition) is 3. The molecular weight excluding hydrogens is 404 g/mol. The molecule has 0 aliphatic carbocycles. The van der Waals surface area contributed by atoms with Gasteiger partial charge in [-0.05, 0) is 33.6 Å². The first-order valence-electron chi connectivity index (χ1n) is 8.03. The van der Waals surface area contributed by atoms with E-state index in [0.29, 0.717) is 46.2 Å². The summed E-state index contributed by atoms with van der Waals surface area (Å²) in [6.07, 6.45) is -0.824. The van der Waals surface area contributed by atoms with E-state index in [1.807, 2.05) is 0 Å². The highest BCUT2D eigenvalue weighted by molar-refractivity contribution is 9.10. The van der Waals surface area contributed by atoms with E-state index in [9.17, 15) is 9.90 Å². The van der Waals surface area contributed by atoms with Gasteiger partial charge in [0.1, 0.15) is 19.0 Å². The average Bonchev–Trinajstić information content (AvgIpc) is 2.66. The molecule has 0 unspecified atom stereocenters. The Hall–Kier alpha value is -2.45. The Labute approximate surface area is 159 Å². The monoisotopic (exact) mass is 422 g/mol. The van der Waals surface area contributed by atoms with Gasteiger partial charge in [-0.2, -0.15) is 0 Å². The fourth-order valence-electron chi connectivity index (χ4n) is 2.46. The number of urea groups is 1. The molecule has 2 aromatic carbocycles. The van der Waals surface area contributed by atoms with Crippen molar-refractivity contribution >= 4 is 27.6 Å². The quantitative estimate of drug-likeness (QED) is 0.688. The third-order valence-electron chi connectivity index (χ3n) is 3.84. The van der Waals surface area contributed by atoms with Gasteiger partial charge in [0.15, 0.2) is 11.5 Å². The number of fused-ring (bicyclic) bond motifs is 1. The lowest BCUT2D eigenvalue weighted by Crippen LogP contribution is -2.32. The predicted molar refractivity (Wildman–Crippen MR) is 100 cm³/mol. The van der Waals surface area contributed by atoms with Crippen LogP contribution in [0.25, 0.3) is 0 Å². The summed E-state index contributed by atoms with van der Waals surface area (Å²) in [5, 5.41) is 15.5. The molecule has 0 fully saturated rings. The maximum absolute atomic E-state index is 12.1. The Kier molecular flexibility index (Phi) is 5.85.